The molecule has 1 aromatic carbocycles. The Hall–Kier alpha value is -3.27. The van der Waals surface area contributed by atoms with Crippen LogP contribution in [0.2, 0.25) is 0 Å². The molecule has 1 aliphatic heterocycles. The topological polar surface area (TPSA) is 89.6 Å². The van der Waals surface area contributed by atoms with Crippen LogP contribution in [-0.4, -0.2) is 51.6 Å². The van der Waals surface area contributed by atoms with Crippen molar-refractivity contribution in [1.29, 1.82) is 0 Å². The molecule has 3 heterocycles. The summed E-state index contributed by atoms with van der Waals surface area (Å²) >= 11 is 0. The summed E-state index contributed by atoms with van der Waals surface area (Å²) in [4.78, 5) is 22.0. The van der Waals surface area contributed by atoms with Gasteiger partial charge in [-0.3, -0.25) is 9.13 Å². The van der Waals surface area contributed by atoms with Gasteiger partial charge in [0.2, 0.25) is 5.95 Å². The molecule has 146 valence electrons. The third kappa shape index (κ3) is 3.33. The van der Waals surface area contributed by atoms with Crippen molar-refractivity contribution in [3.63, 3.8) is 0 Å². The molecule has 1 fully saturated rings. The Labute approximate surface area is 160 Å². The van der Waals surface area contributed by atoms with E-state index in [2.05, 4.69) is 20.5 Å². The van der Waals surface area contributed by atoms with Gasteiger partial charge in [0.05, 0.1) is 36.7 Å². The summed E-state index contributed by atoms with van der Waals surface area (Å²) in [5, 5.41) is 4.13. The number of rotatable bonds is 4. The average Bonchev–Trinajstić information content (AvgIpc) is 2.94. The minimum atomic E-state index is -0.480. The lowest BCUT2D eigenvalue weighted by molar-refractivity contribution is 0.122. The van der Waals surface area contributed by atoms with Gasteiger partial charge in [0, 0.05) is 27.2 Å². The quantitative estimate of drug-likeness (QED) is 0.534. The number of imidazole rings is 1. The summed E-state index contributed by atoms with van der Waals surface area (Å²) in [5.41, 5.74) is 5.10. The number of hydrazone groups is 1. The molecule has 0 spiro atoms. The predicted octanol–water partition coefficient (Wildman–Crippen LogP) is 1.09. The Morgan fingerprint density at radius 3 is 2.75 bits per heavy atom. The van der Waals surface area contributed by atoms with Gasteiger partial charge >= 0.3 is 5.69 Å². The fourth-order valence-corrected chi connectivity index (χ4v) is 3.18. The molecule has 10 heteroatoms. The standard InChI is InChI=1S/C18H20FN7O2/c1-24-14-4-3-12(9-15(14)25(2)18(24)27)10-21-23-17-20-11-13(19)16(22-17)26-5-7-28-8-6-26/h3-4,9-11H,5-8H2,1-2H3,(H,20,22,23)/b21-10+. The molecule has 1 N–H and O–H groups in total. The Kier molecular flexibility index (Phi) is 4.78. The highest BCUT2D eigenvalue weighted by atomic mass is 19.1. The van der Waals surface area contributed by atoms with Crippen LogP contribution >= 0.6 is 0 Å². The third-order valence-electron chi connectivity index (χ3n) is 4.71. The number of anilines is 2. The van der Waals surface area contributed by atoms with Crippen LogP contribution in [0, 0.1) is 5.82 Å². The number of aryl methyl sites for hydroxylation is 2. The minimum absolute atomic E-state index is 0.0856. The van der Waals surface area contributed by atoms with Crippen molar-refractivity contribution < 1.29 is 9.13 Å². The van der Waals surface area contributed by atoms with Crippen molar-refractivity contribution >= 4 is 29.0 Å². The number of fused-ring (bicyclic) bond motifs is 1. The van der Waals surface area contributed by atoms with Gasteiger partial charge in [-0.15, -0.1) is 0 Å². The first-order chi connectivity index (χ1) is 13.5. The lowest BCUT2D eigenvalue weighted by atomic mass is 10.2. The van der Waals surface area contributed by atoms with Crippen LogP contribution in [0.5, 0.6) is 0 Å². The van der Waals surface area contributed by atoms with Gasteiger partial charge in [-0.1, -0.05) is 6.07 Å². The Bertz CT molecular complexity index is 1100. The van der Waals surface area contributed by atoms with Crippen LogP contribution in [-0.2, 0) is 18.8 Å². The highest BCUT2D eigenvalue weighted by molar-refractivity contribution is 5.87. The summed E-state index contributed by atoms with van der Waals surface area (Å²) in [6, 6.07) is 5.59. The number of morpholine rings is 1. The number of hydrogen-bond acceptors (Lipinski definition) is 7. The van der Waals surface area contributed by atoms with Gasteiger partial charge in [0.25, 0.3) is 0 Å². The van der Waals surface area contributed by atoms with Crippen molar-refractivity contribution in [2.24, 2.45) is 19.2 Å². The van der Waals surface area contributed by atoms with Crippen molar-refractivity contribution in [1.82, 2.24) is 19.1 Å². The molecule has 28 heavy (non-hydrogen) atoms. The average molecular weight is 385 g/mol. The van der Waals surface area contributed by atoms with E-state index in [1.165, 1.54) is 0 Å². The van der Waals surface area contributed by atoms with Crippen molar-refractivity contribution in [2.75, 3.05) is 36.6 Å². The van der Waals surface area contributed by atoms with Gasteiger partial charge in [-0.2, -0.15) is 10.1 Å². The zero-order chi connectivity index (χ0) is 19.7. The molecule has 0 saturated carbocycles. The first kappa shape index (κ1) is 18.1. The van der Waals surface area contributed by atoms with Crippen molar-refractivity contribution in [3.8, 4) is 0 Å². The number of aromatic nitrogens is 4. The highest BCUT2D eigenvalue weighted by Gasteiger charge is 2.17. The molecular formula is C18H20FN7O2. The molecule has 0 aliphatic carbocycles. The number of hydrogen-bond donors (Lipinski definition) is 1. The molecule has 0 amide bonds. The number of nitrogens with zero attached hydrogens (tertiary/aromatic N) is 6. The third-order valence-corrected chi connectivity index (χ3v) is 4.71. The highest BCUT2D eigenvalue weighted by Crippen LogP contribution is 2.18. The maximum atomic E-state index is 14.1. The predicted molar refractivity (Wildman–Crippen MR) is 104 cm³/mol. The van der Waals surface area contributed by atoms with Crippen LogP contribution < -0.4 is 16.0 Å². The summed E-state index contributed by atoms with van der Waals surface area (Å²) in [7, 11) is 3.46. The van der Waals surface area contributed by atoms with E-state index >= 15 is 0 Å². The number of nitrogens with one attached hydrogen (secondary N) is 1. The molecule has 4 rings (SSSR count). The molecular weight excluding hydrogens is 365 g/mol. The normalized spacial score (nSPS) is 14.9. The van der Waals surface area contributed by atoms with E-state index in [1.807, 2.05) is 23.1 Å². The van der Waals surface area contributed by atoms with E-state index < -0.39 is 5.82 Å². The summed E-state index contributed by atoms with van der Waals surface area (Å²) in [5.74, 6) is -0.0455. The molecule has 3 aromatic rings. The lowest BCUT2D eigenvalue weighted by Gasteiger charge is -2.27. The Balaban J connectivity index is 1.52. The van der Waals surface area contributed by atoms with Crippen LogP contribution in [0.15, 0.2) is 34.3 Å². The molecule has 0 unspecified atom stereocenters. The molecule has 0 radical (unpaired) electrons. The Morgan fingerprint density at radius 2 is 1.96 bits per heavy atom. The number of halogens is 1. The van der Waals surface area contributed by atoms with Crippen molar-refractivity contribution in [3.05, 3.63) is 46.3 Å². The summed E-state index contributed by atoms with van der Waals surface area (Å²) in [6.45, 7) is 2.22. The molecule has 1 aliphatic rings. The SMILES string of the molecule is Cn1c(=O)n(C)c2cc(/C=N/Nc3ncc(F)c(N4CCOCC4)n3)ccc21. The maximum Gasteiger partial charge on any atom is 0.328 e. The van der Waals surface area contributed by atoms with Gasteiger partial charge in [0.15, 0.2) is 11.6 Å². The zero-order valence-electron chi connectivity index (χ0n) is 15.6. The molecule has 2 aromatic heterocycles. The van der Waals surface area contributed by atoms with E-state index in [0.29, 0.717) is 26.3 Å². The second kappa shape index (κ2) is 7.39. The Morgan fingerprint density at radius 1 is 1.21 bits per heavy atom. The summed E-state index contributed by atoms with van der Waals surface area (Å²) in [6.07, 6.45) is 2.72. The van der Waals surface area contributed by atoms with Crippen molar-refractivity contribution in [2.45, 2.75) is 0 Å². The minimum Gasteiger partial charge on any atom is -0.378 e. The molecule has 9 nitrogen and oxygen atoms in total. The second-order valence-electron chi connectivity index (χ2n) is 6.48. The smallest absolute Gasteiger partial charge is 0.328 e. The zero-order valence-corrected chi connectivity index (χ0v) is 15.6. The van der Waals surface area contributed by atoms with E-state index in [9.17, 15) is 9.18 Å². The van der Waals surface area contributed by atoms with Gasteiger partial charge in [0.1, 0.15) is 0 Å². The van der Waals surface area contributed by atoms with Gasteiger partial charge < -0.3 is 9.64 Å². The largest absolute Gasteiger partial charge is 0.378 e. The lowest BCUT2D eigenvalue weighted by Crippen LogP contribution is -2.37. The fraction of sp³-hybridized carbons (Fsp3) is 0.333. The second-order valence-corrected chi connectivity index (χ2v) is 6.48. The fourth-order valence-electron chi connectivity index (χ4n) is 3.18. The van der Waals surface area contributed by atoms with Crippen LogP contribution in [0.25, 0.3) is 11.0 Å². The first-order valence-corrected chi connectivity index (χ1v) is 8.84. The summed E-state index contributed by atoms with van der Waals surface area (Å²) < 4.78 is 22.5. The maximum absolute atomic E-state index is 14.1. The van der Waals surface area contributed by atoms with E-state index in [0.717, 1.165) is 22.8 Å². The number of benzene rings is 1. The first-order valence-electron chi connectivity index (χ1n) is 8.84. The van der Waals surface area contributed by atoms with E-state index in [-0.39, 0.29) is 17.5 Å². The van der Waals surface area contributed by atoms with E-state index in [4.69, 9.17) is 4.74 Å². The monoisotopic (exact) mass is 385 g/mol. The van der Waals surface area contributed by atoms with Crippen LogP contribution in [0.4, 0.5) is 16.2 Å². The molecule has 0 atom stereocenters. The van der Waals surface area contributed by atoms with E-state index in [1.54, 1.807) is 29.4 Å². The number of ether oxygens (including phenoxy) is 1. The van der Waals surface area contributed by atoms with Gasteiger partial charge in [-0.05, 0) is 17.7 Å². The van der Waals surface area contributed by atoms with Crippen LogP contribution in [0.1, 0.15) is 5.56 Å². The van der Waals surface area contributed by atoms with Crippen LogP contribution in [0.3, 0.4) is 0 Å². The molecule has 1 saturated heterocycles. The van der Waals surface area contributed by atoms with Gasteiger partial charge in [-0.25, -0.2) is 19.6 Å². The molecule has 0 bridgehead atoms.